The molecule has 0 unspecified atom stereocenters. The van der Waals surface area contributed by atoms with Gasteiger partial charge in [0.1, 0.15) is 5.82 Å². The van der Waals surface area contributed by atoms with Crippen LogP contribution >= 0.6 is 0 Å². The van der Waals surface area contributed by atoms with Gasteiger partial charge in [-0.1, -0.05) is 32.5 Å². The zero-order valence-corrected chi connectivity index (χ0v) is 14.6. The molecule has 1 aromatic heterocycles. The first-order chi connectivity index (χ1) is 11.0. The van der Waals surface area contributed by atoms with E-state index >= 15 is 0 Å². The van der Waals surface area contributed by atoms with Gasteiger partial charge in [-0.3, -0.25) is 0 Å². The zero-order chi connectivity index (χ0) is 16.6. The molecule has 0 aliphatic rings. The Morgan fingerprint density at radius 2 is 1.71 bits per heavy atom. The molecule has 0 radical (unpaired) electrons. The van der Waals surface area contributed by atoms with Gasteiger partial charge >= 0.3 is 0 Å². The Hall–Kier alpha value is -2.35. The second kappa shape index (κ2) is 7.04. The van der Waals surface area contributed by atoms with Crippen LogP contribution in [0.15, 0.2) is 36.5 Å². The molecule has 2 aromatic carbocycles. The summed E-state index contributed by atoms with van der Waals surface area (Å²) in [7, 11) is 0. The van der Waals surface area contributed by atoms with Crippen molar-refractivity contribution >= 4 is 0 Å². The Labute approximate surface area is 146 Å². The highest BCUT2D eigenvalue weighted by Crippen LogP contribution is 2.30. The van der Waals surface area contributed by atoms with E-state index in [-0.39, 0.29) is 7.43 Å². The van der Waals surface area contributed by atoms with E-state index in [9.17, 15) is 0 Å². The summed E-state index contributed by atoms with van der Waals surface area (Å²) in [5, 5.41) is 0. The third-order valence-electron chi connectivity index (χ3n) is 4.96. The van der Waals surface area contributed by atoms with Crippen molar-refractivity contribution in [2.75, 3.05) is 0 Å². The van der Waals surface area contributed by atoms with E-state index in [1.54, 1.807) is 0 Å². The first kappa shape index (κ1) is 18.0. The van der Waals surface area contributed by atoms with Crippen molar-refractivity contribution < 1.29 is 0 Å². The quantitative estimate of drug-likeness (QED) is 0.613. The summed E-state index contributed by atoms with van der Waals surface area (Å²) in [6, 6.07) is 10.8. The molecule has 126 valence electrons. The molecule has 2 heteroatoms. The van der Waals surface area contributed by atoms with Crippen LogP contribution < -0.4 is 0 Å². The molecular weight excluding hydrogens is 292 g/mol. The van der Waals surface area contributed by atoms with Crippen molar-refractivity contribution in [3.63, 3.8) is 0 Å². The topological polar surface area (TPSA) is 28.7 Å². The van der Waals surface area contributed by atoms with Crippen molar-refractivity contribution in [2.24, 2.45) is 0 Å². The largest absolute Gasteiger partial charge is 0.338 e. The number of hydrogen-bond donors (Lipinski definition) is 1. The van der Waals surface area contributed by atoms with Crippen LogP contribution in [0.2, 0.25) is 0 Å². The number of aromatic nitrogens is 2. The molecule has 0 amide bonds. The van der Waals surface area contributed by atoms with Crippen LogP contribution in [0.3, 0.4) is 0 Å². The second-order valence-electron chi connectivity index (χ2n) is 6.32. The van der Waals surface area contributed by atoms with Gasteiger partial charge in [0.2, 0.25) is 0 Å². The van der Waals surface area contributed by atoms with E-state index in [4.69, 9.17) is 0 Å². The smallest absolute Gasteiger partial charge is 0.137 e. The van der Waals surface area contributed by atoms with E-state index in [2.05, 4.69) is 74.9 Å². The van der Waals surface area contributed by atoms with E-state index in [0.717, 1.165) is 23.5 Å². The Bertz CT molecular complexity index is 856. The minimum absolute atomic E-state index is 0. The van der Waals surface area contributed by atoms with E-state index in [1.807, 2.05) is 6.20 Å². The zero-order valence-electron chi connectivity index (χ0n) is 14.6. The average molecular weight is 320 g/mol. The average Bonchev–Trinajstić information content (AvgIpc) is 3.06. The Balaban J connectivity index is 0.00000208. The molecule has 0 saturated carbocycles. The summed E-state index contributed by atoms with van der Waals surface area (Å²) >= 11 is 0. The molecule has 24 heavy (non-hydrogen) atoms. The maximum absolute atomic E-state index is 4.61. The van der Waals surface area contributed by atoms with Crippen LogP contribution in [0.1, 0.15) is 42.2 Å². The molecule has 0 atom stereocenters. The molecule has 0 bridgehead atoms. The maximum atomic E-state index is 4.61. The third-order valence-corrected chi connectivity index (χ3v) is 4.96. The van der Waals surface area contributed by atoms with Gasteiger partial charge in [0, 0.05) is 11.1 Å². The minimum Gasteiger partial charge on any atom is -0.338 e. The van der Waals surface area contributed by atoms with Gasteiger partial charge in [-0.2, -0.15) is 0 Å². The molecule has 0 saturated heterocycles. The number of benzene rings is 2. The van der Waals surface area contributed by atoms with Crippen LogP contribution in [-0.2, 0) is 6.42 Å². The van der Waals surface area contributed by atoms with E-state index in [0.29, 0.717) is 0 Å². The predicted molar refractivity (Wildman–Crippen MR) is 105 cm³/mol. The van der Waals surface area contributed by atoms with Gasteiger partial charge in [0.15, 0.2) is 0 Å². The van der Waals surface area contributed by atoms with Gasteiger partial charge in [-0.25, -0.2) is 4.98 Å². The second-order valence-corrected chi connectivity index (χ2v) is 6.32. The van der Waals surface area contributed by atoms with Gasteiger partial charge < -0.3 is 4.98 Å². The van der Waals surface area contributed by atoms with Gasteiger partial charge in [0.25, 0.3) is 0 Å². The maximum Gasteiger partial charge on any atom is 0.137 e. The van der Waals surface area contributed by atoms with Crippen LogP contribution in [0.5, 0.6) is 0 Å². The van der Waals surface area contributed by atoms with Gasteiger partial charge in [-0.15, -0.1) is 0 Å². The summed E-state index contributed by atoms with van der Waals surface area (Å²) in [6.07, 6.45) is 2.99. The van der Waals surface area contributed by atoms with E-state index in [1.165, 1.54) is 33.4 Å². The summed E-state index contributed by atoms with van der Waals surface area (Å²) < 4.78 is 0. The lowest BCUT2D eigenvalue weighted by atomic mass is 9.93. The SMILES string of the molecule is C.CCc1cccc(-c2ncc(-c3cc(C)c(C)c(C)c3C)[nH]2)c1. The third kappa shape index (κ3) is 3.14. The lowest BCUT2D eigenvalue weighted by Gasteiger charge is -2.13. The Morgan fingerprint density at radius 3 is 2.42 bits per heavy atom. The molecule has 0 fully saturated rings. The van der Waals surface area contributed by atoms with Crippen LogP contribution in [-0.4, -0.2) is 9.97 Å². The van der Waals surface area contributed by atoms with Gasteiger partial charge in [-0.05, 0) is 74.1 Å². The van der Waals surface area contributed by atoms with Crippen molar-refractivity contribution in [3.8, 4) is 22.6 Å². The fourth-order valence-corrected chi connectivity index (χ4v) is 3.04. The first-order valence-electron chi connectivity index (χ1n) is 8.23. The van der Waals surface area contributed by atoms with Crippen LogP contribution in [0, 0.1) is 27.7 Å². The summed E-state index contributed by atoms with van der Waals surface area (Å²) in [6.45, 7) is 10.9. The summed E-state index contributed by atoms with van der Waals surface area (Å²) in [5.41, 5.74) is 10.2. The lowest BCUT2D eigenvalue weighted by molar-refractivity contribution is 1.14. The Morgan fingerprint density at radius 1 is 0.958 bits per heavy atom. The van der Waals surface area contributed by atoms with Crippen molar-refractivity contribution in [1.82, 2.24) is 9.97 Å². The molecular formula is C22H28N2. The monoisotopic (exact) mass is 320 g/mol. The number of rotatable bonds is 3. The fourth-order valence-electron chi connectivity index (χ4n) is 3.04. The molecule has 2 nitrogen and oxygen atoms in total. The first-order valence-corrected chi connectivity index (χ1v) is 8.23. The molecule has 0 aliphatic carbocycles. The normalized spacial score (nSPS) is 10.5. The van der Waals surface area contributed by atoms with Crippen molar-refractivity contribution in [1.29, 1.82) is 0 Å². The number of nitrogens with one attached hydrogen (secondary N) is 1. The molecule has 0 spiro atoms. The van der Waals surface area contributed by atoms with Crippen LogP contribution in [0.4, 0.5) is 0 Å². The molecule has 1 heterocycles. The highest BCUT2D eigenvalue weighted by molar-refractivity contribution is 5.70. The highest BCUT2D eigenvalue weighted by Gasteiger charge is 2.12. The van der Waals surface area contributed by atoms with Crippen LogP contribution in [0.25, 0.3) is 22.6 Å². The highest BCUT2D eigenvalue weighted by atomic mass is 14.9. The number of H-pyrrole nitrogens is 1. The Kier molecular flexibility index (Phi) is 5.28. The minimum atomic E-state index is 0. The molecule has 0 aliphatic heterocycles. The van der Waals surface area contributed by atoms with E-state index < -0.39 is 0 Å². The van der Waals surface area contributed by atoms with Crippen molar-refractivity contribution in [3.05, 3.63) is 64.3 Å². The number of hydrogen-bond acceptors (Lipinski definition) is 1. The summed E-state index contributed by atoms with van der Waals surface area (Å²) in [4.78, 5) is 8.11. The fraction of sp³-hybridized carbons (Fsp3) is 0.318. The predicted octanol–water partition coefficient (Wildman–Crippen LogP) is 6.18. The molecule has 1 N–H and O–H groups in total. The van der Waals surface area contributed by atoms with Gasteiger partial charge in [0.05, 0.1) is 11.9 Å². The number of imidazole rings is 1. The number of nitrogens with zero attached hydrogens (tertiary/aromatic N) is 1. The summed E-state index contributed by atoms with van der Waals surface area (Å²) in [5.74, 6) is 0.936. The number of aryl methyl sites for hydroxylation is 2. The number of aromatic amines is 1. The molecule has 3 aromatic rings. The lowest BCUT2D eigenvalue weighted by Crippen LogP contribution is -1.94. The molecule has 3 rings (SSSR count). The van der Waals surface area contributed by atoms with Crippen molar-refractivity contribution in [2.45, 2.75) is 48.5 Å². The standard InChI is InChI=1S/C21H24N2.CH4/c1-6-17-8-7-9-18(11-17)21-22-12-20(23-21)19-10-13(2)14(3)15(4)16(19)5;/h7-12H,6H2,1-5H3,(H,22,23);1H4.